The molecule has 1 aliphatic heterocycles. The van der Waals surface area contributed by atoms with Gasteiger partial charge in [-0.05, 0) is 49.2 Å². The summed E-state index contributed by atoms with van der Waals surface area (Å²) in [4.78, 5) is 24.6. The van der Waals surface area contributed by atoms with Crippen LogP contribution in [0.4, 0.5) is 5.69 Å². The number of hydrogen-bond acceptors (Lipinski definition) is 5. The number of carbonyl (C=O) groups is 2. The smallest absolute Gasteiger partial charge is 0.324 e. The van der Waals surface area contributed by atoms with Gasteiger partial charge in [0.15, 0.2) is 6.61 Å². The molecule has 0 radical (unpaired) electrons. The number of nitrogens with one attached hydrogen (secondary N) is 1. The Hall–Kier alpha value is -1.84. The highest BCUT2D eigenvalue weighted by atomic mass is 35.5. The molecule has 160 valence electrons. The summed E-state index contributed by atoms with van der Waals surface area (Å²) in [7, 11) is -3.91. The van der Waals surface area contributed by atoms with Crippen LogP contribution in [0.2, 0.25) is 15.1 Å². The van der Waals surface area contributed by atoms with Gasteiger partial charge >= 0.3 is 5.97 Å². The fraction of sp³-hybridized carbons (Fsp3) is 0.263. The van der Waals surface area contributed by atoms with Gasteiger partial charge < -0.3 is 10.1 Å². The standard InChI is InChI=1S/C19H17Cl3N2O5S/c20-12-6-8-13(9-7-12)30(27,28)24-10-2-5-16(24)19(26)29-11-17(25)23-18-14(21)3-1-4-15(18)22/h1,3-4,6-9,16H,2,5,10-11H2,(H,23,25)/t16-/m0/s1. The average molecular weight is 492 g/mol. The fourth-order valence-corrected chi connectivity index (χ4v) is 5.30. The first-order chi connectivity index (χ1) is 14.2. The van der Waals surface area contributed by atoms with Gasteiger partial charge in [-0.25, -0.2) is 8.42 Å². The van der Waals surface area contributed by atoms with Gasteiger partial charge in [0.1, 0.15) is 6.04 Å². The zero-order valence-corrected chi connectivity index (χ0v) is 18.6. The Morgan fingerprint density at radius 2 is 1.70 bits per heavy atom. The van der Waals surface area contributed by atoms with Gasteiger partial charge in [0, 0.05) is 11.6 Å². The predicted octanol–water partition coefficient (Wildman–Crippen LogP) is 3.98. The highest BCUT2D eigenvalue weighted by Crippen LogP contribution is 2.30. The molecule has 0 aliphatic carbocycles. The number of anilines is 1. The van der Waals surface area contributed by atoms with E-state index < -0.39 is 34.5 Å². The molecule has 30 heavy (non-hydrogen) atoms. The summed E-state index contributed by atoms with van der Waals surface area (Å²) in [5, 5.41) is 3.34. The van der Waals surface area contributed by atoms with Gasteiger partial charge in [-0.15, -0.1) is 0 Å². The minimum Gasteiger partial charge on any atom is -0.454 e. The van der Waals surface area contributed by atoms with Gasteiger partial charge in [-0.2, -0.15) is 4.31 Å². The summed E-state index contributed by atoms with van der Waals surface area (Å²) in [5.41, 5.74) is 0.203. The highest BCUT2D eigenvalue weighted by molar-refractivity contribution is 7.89. The molecule has 0 bridgehead atoms. The van der Waals surface area contributed by atoms with E-state index in [0.717, 1.165) is 4.31 Å². The third-order valence-corrected chi connectivity index (χ3v) is 7.27. The molecule has 0 aromatic heterocycles. The van der Waals surface area contributed by atoms with Crippen molar-refractivity contribution in [3.8, 4) is 0 Å². The van der Waals surface area contributed by atoms with E-state index >= 15 is 0 Å². The van der Waals surface area contributed by atoms with E-state index in [1.165, 1.54) is 24.3 Å². The molecule has 0 saturated carbocycles. The Bertz CT molecular complexity index is 1040. The van der Waals surface area contributed by atoms with Crippen molar-refractivity contribution in [1.29, 1.82) is 0 Å². The maximum Gasteiger partial charge on any atom is 0.324 e. The Labute approximate surface area is 188 Å². The molecule has 11 heteroatoms. The lowest BCUT2D eigenvalue weighted by Gasteiger charge is -2.22. The normalized spacial score (nSPS) is 17.0. The van der Waals surface area contributed by atoms with E-state index in [0.29, 0.717) is 17.9 Å². The second kappa shape index (κ2) is 9.53. The number of sulfonamides is 1. The number of hydrogen-bond donors (Lipinski definition) is 1. The summed E-state index contributed by atoms with van der Waals surface area (Å²) >= 11 is 17.8. The molecule has 1 saturated heterocycles. The number of esters is 1. The van der Waals surface area contributed by atoms with Crippen molar-refractivity contribution in [2.24, 2.45) is 0 Å². The number of carbonyl (C=O) groups excluding carboxylic acids is 2. The minimum atomic E-state index is -3.91. The number of para-hydroxylation sites is 1. The van der Waals surface area contributed by atoms with Crippen LogP contribution in [0.5, 0.6) is 0 Å². The lowest BCUT2D eigenvalue weighted by Crippen LogP contribution is -2.42. The van der Waals surface area contributed by atoms with E-state index in [2.05, 4.69) is 5.32 Å². The number of halogens is 3. The first-order valence-corrected chi connectivity index (χ1v) is 11.5. The van der Waals surface area contributed by atoms with Crippen LogP contribution in [0, 0.1) is 0 Å². The number of nitrogens with zero attached hydrogens (tertiary/aromatic N) is 1. The lowest BCUT2D eigenvalue weighted by molar-refractivity contribution is -0.150. The summed E-state index contributed by atoms with van der Waals surface area (Å²) < 4.78 is 31.9. The highest BCUT2D eigenvalue weighted by Gasteiger charge is 2.40. The molecule has 7 nitrogen and oxygen atoms in total. The molecule has 1 heterocycles. The SMILES string of the molecule is O=C(COC(=O)[C@@H]1CCCN1S(=O)(=O)c1ccc(Cl)cc1)Nc1c(Cl)cccc1Cl. The van der Waals surface area contributed by atoms with Crippen LogP contribution in [0.1, 0.15) is 12.8 Å². The first kappa shape index (κ1) is 22.8. The van der Waals surface area contributed by atoms with E-state index in [1.54, 1.807) is 18.2 Å². The predicted molar refractivity (Wildman–Crippen MR) is 114 cm³/mol. The Kier molecular flexibility index (Phi) is 7.26. The fourth-order valence-electron chi connectivity index (χ4n) is 3.03. The van der Waals surface area contributed by atoms with E-state index in [4.69, 9.17) is 39.5 Å². The second-order valence-electron chi connectivity index (χ2n) is 6.48. The first-order valence-electron chi connectivity index (χ1n) is 8.88. The molecule has 1 atom stereocenters. The molecule has 1 N–H and O–H groups in total. The van der Waals surface area contributed by atoms with Crippen LogP contribution >= 0.6 is 34.8 Å². The van der Waals surface area contributed by atoms with Crippen LogP contribution in [0.3, 0.4) is 0 Å². The van der Waals surface area contributed by atoms with Gasteiger partial charge in [0.25, 0.3) is 5.91 Å². The van der Waals surface area contributed by atoms with Gasteiger partial charge in [0.05, 0.1) is 20.6 Å². The summed E-state index contributed by atoms with van der Waals surface area (Å²) in [6, 6.07) is 9.38. The molecular weight excluding hydrogens is 475 g/mol. The quantitative estimate of drug-likeness (QED) is 0.617. The van der Waals surface area contributed by atoms with Crippen LogP contribution in [-0.4, -0.2) is 43.8 Å². The zero-order valence-electron chi connectivity index (χ0n) is 15.5. The Balaban J connectivity index is 1.64. The summed E-state index contributed by atoms with van der Waals surface area (Å²) in [5.74, 6) is -1.45. The lowest BCUT2D eigenvalue weighted by atomic mass is 10.2. The third kappa shape index (κ3) is 5.07. The van der Waals surface area contributed by atoms with Crippen LogP contribution in [0.15, 0.2) is 47.4 Å². The maximum absolute atomic E-state index is 12.9. The zero-order chi connectivity index (χ0) is 21.9. The summed E-state index contributed by atoms with van der Waals surface area (Å²) in [6.45, 7) is -0.433. The minimum absolute atomic E-state index is 0.0257. The monoisotopic (exact) mass is 490 g/mol. The van der Waals surface area contributed by atoms with Crippen LogP contribution in [-0.2, 0) is 24.3 Å². The molecule has 0 unspecified atom stereocenters. The van der Waals surface area contributed by atoms with Crippen LogP contribution < -0.4 is 5.32 Å². The summed E-state index contributed by atoms with van der Waals surface area (Å²) in [6.07, 6.45) is 0.789. The number of ether oxygens (including phenoxy) is 1. The Morgan fingerprint density at radius 1 is 1.07 bits per heavy atom. The van der Waals surface area contributed by atoms with Crippen molar-refractivity contribution in [2.75, 3.05) is 18.5 Å². The van der Waals surface area contributed by atoms with Gasteiger partial charge in [0.2, 0.25) is 10.0 Å². The van der Waals surface area contributed by atoms with Crippen molar-refractivity contribution in [1.82, 2.24) is 4.31 Å². The van der Waals surface area contributed by atoms with Crippen molar-refractivity contribution >= 4 is 62.4 Å². The topological polar surface area (TPSA) is 92.8 Å². The average Bonchev–Trinajstić information content (AvgIpc) is 3.20. The van der Waals surface area contributed by atoms with E-state index in [1.807, 2.05) is 0 Å². The van der Waals surface area contributed by atoms with Crippen molar-refractivity contribution in [2.45, 2.75) is 23.8 Å². The number of benzene rings is 2. The van der Waals surface area contributed by atoms with Crippen molar-refractivity contribution in [3.05, 3.63) is 57.5 Å². The molecule has 3 rings (SSSR count). The number of rotatable bonds is 6. The van der Waals surface area contributed by atoms with Crippen molar-refractivity contribution in [3.63, 3.8) is 0 Å². The Morgan fingerprint density at radius 3 is 2.33 bits per heavy atom. The van der Waals surface area contributed by atoms with Gasteiger partial charge in [-0.1, -0.05) is 40.9 Å². The largest absolute Gasteiger partial charge is 0.454 e. The molecule has 2 aromatic rings. The molecule has 2 aromatic carbocycles. The maximum atomic E-state index is 12.9. The van der Waals surface area contributed by atoms with Gasteiger partial charge in [-0.3, -0.25) is 9.59 Å². The molecule has 1 fully saturated rings. The molecule has 1 amide bonds. The van der Waals surface area contributed by atoms with E-state index in [-0.39, 0.29) is 27.2 Å². The molecule has 0 spiro atoms. The molecular formula is C19H17Cl3N2O5S. The molecule has 1 aliphatic rings. The van der Waals surface area contributed by atoms with E-state index in [9.17, 15) is 18.0 Å². The second-order valence-corrected chi connectivity index (χ2v) is 9.62. The van der Waals surface area contributed by atoms with Crippen LogP contribution in [0.25, 0.3) is 0 Å². The van der Waals surface area contributed by atoms with Crippen molar-refractivity contribution < 1.29 is 22.7 Å². The third-order valence-electron chi connectivity index (χ3n) is 4.47. The number of amides is 1.